The van der Waals surface area contributed by atoms with Gasteiger partial charge in [0.25, 0.3) is 11.8 Å². The molecule has 34 heavy (non-hydrogen) atoms. The summed E-state index contributed by atoms with van der Waals surface area (Å²) in [6.45, 7) is 8.02. The minimum Gasteiger partial charge on any atom is -0.494 e. The van der Waals surface area contributed by atoms with Crippen molar-refractivity contribution in [1.29, 1.82) is 0 Å². The molecule has 0 radical (unpaired) electrons. The van der Waals surface area contributed by atoms with Crippen LogP contribution in [0.15, 0.2) is 48.5 Å². The lowest BCUT2D eigenvalue weighted by atomic mass is 10.0. The Morgan fingerprint density at radius 1 is 1.03 bits per heavy atom. The van der Waals surface area contributed by atoms with Gasteiger partial charge in [0.2, 0.25) is 11.8 Å². The van der Waals surface area contributed by atoms with Gasteiger partial charge in [0.05, 0.1) is 18.7 Å². The van der Waals surface area contributed by atoms with E-state index in [0.29, 0.717) is 36.4 Å². The number of anilines is 1. The van der Waals surface area contributed by atoms with Crippen LogP contribution in [0.1, 0.15) is 56.0 Å². The number of benzene rings is 2. The Morgan fingerprint density at radius 3 is 2.21 bits per heavy atom. The largest absolute Gasteiger partial charge is 0.494 e. The molecule has 0 spiro atoms. The maximum atomic E-state index is 13.4. The van der Waals surface area contributed by atoms with Crippen molar-refractivity contribution in [3.05, 3.63) is 59.7 Å². The van der Waals surface area contributed by atoms with Gasteiger partial charge in [0, 0.05) is 11.5 Å². The molecule has 1 atom stereocenters. The van der Waals surface area contributed by atoms with Gasteiger partial charge in [-0.15, -0.1) is 0 Å². The Kier molecular flexibility index (Phi) is 8.04. The van der Waals surface area contributed by atoms with Crippen molar-refractivity contribution in [1.82, 2.24) is 10.4 Å². The van der Waals surface area contributed by atoms with E-state index in [-0.39, 0.29) is 18.2 Å². The molecule has 0 bridgehead atoms. The zero-order valence-corrected chi connectivity index (χ0v) is 20.0. The van der Waals surface area contributed by atoms with E-state index in [1.54, 1.807) is 48.5 Å². The topological polar surface area (TPSA) is 96.0 Å². The third-order valence-corrected chi connectivity index (χ3v) is 5.95. The first-order valence-electron chi connectivity index (χ1n) is 11.6. The van der Waals surface area contributed by atoms with Gasteiger partial charge in [-0.25, -0.2) is 9.91 Å². The predicted octanol–water partition coefficient (Wildman–Crippen LogP) is 3.64. The number of hydrazine groups is 1. The number of imide groups is 1. The summed E-state index contributed by atoms with van der Waals surface area (Å²) in [6, 6.07) is 12.4. The van der Waals surface area contributed by atoms with E-state index in [9.17, 15) is 19.2 Å². The van der Waals surface area contributed by atoms with Crippen LogP contribution in [0.3, 0.4) is 0 Å². The van der Waals surface area contributed by atoms with Crippen LogP contribution in [0.2, 0.25) is 0 Å². The third kappa shape index (κ3) is 5.27. The molecule has 3 rings (SSSR count). The lowest BCUT2D eigenvalue weighted by Crippen LogP contribution is -2.56. The normalized spacial score (nSPS) is 15.6. The number of carbonyl (C=O) groups is 4. The van der Waals surface area contributed by atoms with Gasteiger partial charge in [0.15, 0.2) is 0 Å². The van der Waals surface area contributed by atoms with E-state index in [1.807, 2.05) is 27.7 Å². The van der Waals surface area contributed by atoms with Crippen LogP contribution in [0.4, 0.5) is 5.69 Å². The van der Waals surface area contributed by atoms with Crippen LogP contribution in [-0.2, 0) is 14.4 Å². The zero-order valence-electron chi connectivity index (χ0n) is 20.0. The van der Waals surface area contributed by atoms with Crippen LogP contribution in [0.25, 0.3) is 0 Å². The van der Waals surface area contributed by atoms with Crippen molar-refractivity contribution in [2.45, 2.75) is 53.0 Å². The van der Waals surface area contributed by atoms with E-state index in [1.165, 1.54) is 0 Å². The average Bonchev–Trinajstić information content (AvgIpc) is 3.12. The minimum absolute atomic E-state index is 0.216. The molecule has 1 heterocycles. The van der Waals surface area contributed by atoms with Gasteiger partial charge in [0.1, 0.15) is 11.8 Å². The summed E-state index contributed by atoms with van der Waals surface area (Å²) < 4.78 is 5.42. The number of amides is 4. The van der Waals surface area contributed by atoms with Crippen molar-refractivity contribution in [3.8, 4) is 5.75 Å². The van der Waals surface area contributed by atoms with Crippen molar-refractivity contribution >= 4 is 29.3 Å². The van der Waals surface area contributed by atoms with Crippen molar-refractivity contribution in [2.75, 3.05) is 11.5 Å². The van der Waals surface area contributed by atoms with Gasteiger partial charge in [-0.1, -0.05) is 31.5 Å². The number of ether oxygens (including phenoxy) is 1. The molecule has 1 fully saturated rings. The second kappa shape index (κ2) is 11.0. The van der Waals surface area contributed by atoms with Crippen LogP contribution >= 0.6 is 0 Å². The van der Waals surface area contributed by atoms with E-state index in [0.717, 1.165) is 15.5 Å². The highest BCUT2D eigenvalue weighted by atomic mass is 16.5. The summed E-state index contributed by atoms with van der Waals surface area (Å²) in [5.74, 6) is -1.66. The maximum absolute atomic E-state index is 13.4. The summed E-state index contributed by atoms with van der Waals surface area (Å²) in [6.07, 6.45) is 0.875. The average molecular weight is 466 g/mol. The molecule has 8 nitrogen and oxygen atoms in total. The standard InChI is InChI=1S/C26H31N3O5/c1-5-18(6-2)25(32)29(27-24(31)19-10-8-17(4)9-11-19)22-16-23(30)28(26(22)33)20-12-14-21(15-13-20)34-7-3/h8-15,18,22H,5-7,16H2,1-4H3,(H,27,31). The van der Waals surface area contributed by atoms with E-state index >= 15 is 0 Å². The zero-order chi connectivity index (χ0) is 24.8. The first-order chi connectivity index (χ1) is 16.3. The molecular weight excluding hydrogens is 434 g/mol. The first kappa shape index (κ1) is 25.0. The molecule has 4 amide bonds. The molecule has 2 aromatic rings. The molecular formula is C26H31N3O5. The molecule has 0 aliphatic carbocycles. The number of carbonyl (C=O) groups excluding carboxylic acids is 4. The molecule has 1 saturated heterocycles. The fourth-order valence-corrected chi connectivity index (χ4v) is 3.95. The fraction of sp³-hybridized carbons (Fsp3) is 0.385. The van der Waals surface area contributed by atoms with Crippen molar-refractivity contribution < 1.29 is 23.9 Å². The van der Waals surface area contributed by atoms with Gasteiger partial charge < -0.3 is 4.74 Å². The molecule has 0 aromatic heterocycles. The van der Waals surface area contributed by atoms with Crippen molar-refractivity contribution in [3.63, 3.8) is 0 Å². The maximum Gasteiger partial charge on any atom is 0.269 e. The molecule has 1 unspecified atom stereocenters. The number of hydrogen-bond donors (Lipinski definition) is 1. The first-order valence-corrected chi connectivity index (χ1v) is 11.6. The fourth-order valence-electron chi connectivity index (χ4n) is 3.95. The summed E-state index contributed by atoms with van der Waals surface area (Å²) in [4.78, 5) is 53.6. The van der Waals surface area contributed by atoms with E-state index in [4.69, 9.17) is 4.74 Å². The molecule has 180 valence electrons. The monoisotopic (exact) mass is 465 g/mol. The van der Waals surface area contributed by atoms with Gasteiger partial charge in [-0.3, -0.25) is 24.6 Å². The molecule has 0 saturated carbocycles. The Morgan fingerprint density at radius 2 is 1.65 bits per heavy atom. The van der Waals surface area contributed by atoms with Gasteiger partial charge in [-0.05, 0) is 63.1 Å². The molecule has 1 aliphatic rings. The Labute approximate surface area is 199 Å². The minimum atomic E-state index is -1.12. The second-order valence-electron chi connectivity index (χ2n) is 8.24. The molecule has 2 aromatic carbocycles. The van der Waals surface area contributed by atoms with Gasteiger partial charge in [-0.2, -0.15) is 0 Å². The summed E-state index contributed by atoms with van der Waals surface area (Å²) in [5, 5.41) is 1.06. The number of aryl methyl sites for hydroxylation is 1. The Hall–Kier alpha value is -3.68. The SMILES string of the molecule is CCOc1ccc(N2C(=O)CC(N(NC(=O)c3ccc(C)cc3)C(=O)C(CC)CC)C2=O)cc1. The number of nitrogens with zero attached hydrogens (tertiary/aromatic N) is 2. The van der Waals surface area contributed by atoms with Gasteiger partial charge >= 0.3 is 0 Å². The lowest BCUT2D eigenvalue weighted by Gasteiger charge is -2.30. The van der Waals surface area contributed by atoms with Crippen LogP contribution < -0.4 is 15.1 Å². The van der Waals surface area contributed by atoms with E-state index in [2.05, 4.69) is 5.43 Å². The van der Waals surface area contributed by atoms with Crippen LogP contribution in [0, 0.1) is 12.8 Å². The highest BCUT2D eigenvalue weighted by Gasteiger charge is 2.46. The lowest BCUT2D eigenvalue weighted by molar-refractivity contribution is -0.145. The van der Waals surface area contributed by atoms with Crippen LogP contribution in [-0.4, -0.2) is 41.3 Å². The summed E-state index contributed by atoms with van der Waals surface area (Å²) >= 11 is 0. The third-order valence-electron chi connectivity index (χ3n) is 5.95. The second-order valence-corrected chi connectivity index (χ2v) is 8.24. The number of nitrogens with one attached hydrogen (secondary N) is 1. The summed E-state index contributed by atoms with van der Waals surface area (Å²) in [5.41, 5.74) is 4.35. The molecule has 8 heteroatoms. The van der Waals surface area contributed by atoms with E-state index < -0.39 is 23.8 Å². The Balaban J connectivity index is 1.89. The molecule has 1 aliphatic heterocycles. The highest BCUT2D eigenvalue weighted by molar-refractivity contribution is 6.23. The quantitative estimate of drug-likeness (QED) is 0.474. The number of hydrogen-bond acceptors (Lipinski definition) is 5. The predicted molar refractivity (Wildman–Crippen MR) is 128 cm³/mol. The summed E-state index contributed by atoms with van der Waals surface area (Å²) in [7, 11) is 0. The van der Waals surface area contributed by atoms with Crippen molar-refractivity contribution in [2.24, 2.45) is 5.92 Å². The van der Waals surface area contributed by atoms with Crippen LogP contribution in [0.5, 0.6) is 5.75 Å². The number of rotatable bonds is 8. The molecule has 1 N–H and O–H groups in total. The smallest absolute Gasteiger partial charge is 0.269 e. The highest BCUT2D eigenvalue weighted by Crippen LogP contribution is 2.28. The Bertz CT molecular complexity index is 1050.